The Labute approximate surface area is 487 Å². The van der Waals surface area contributed by atoms with Crippen LogP contribution in [0.3, 0.4) is 0 Å². The Balaban J connectivity index is 0.821. The van der Waals surface area contributed by atoms with E-state index in [2.05, 4.69) is 27.7 Å². The fraction of sp³-hybridized carbons (Fsp3) is 1.00. The van der Waals surface area contributed by atoms with Crippen LogP contribution in [0.2, 0.25) is 0 Å². The third-order valence-corrected chi connectivity index (χ3v) is 22.5. The Morgan fingerprint density at radius 3 is 1.54 bits per heavy atom. The van der Waals surface area contributed by atoms with Gasteiger partial charge in [0.15, 0.2) is 37.2 Å². The summed E-state index contributed by atoms with van der Waals surface area (Å²) < 4.78 is 74.4. The average Bonchev–Trinajstić information content (AvgIpc) is 1.87. The van der Waals surface area contributed by atoms with Gasteiger partial charge in [-0.25, -0.2) is 0 Å². The Morgan fingerprint density at radius 1 is 0.429 bits per heavy atom. The molecule has 11 fully saturated rings. The largest absolute Gasteiger partial charge is 0.394 e. The van der Waals surface area contributed by atoms with E-state index in [4.69, 9.17) is 56.8 Å². The monoisotopic (exact) mass is 1210 g/mol. The molecule has 11 rings (SSSR count). The van der Waals surface area contributed by atoms with Crippen LogP contribution in [0.1, 0.15) is 98.8 Å². The van der Waals surface area contributed by atoms with E-state index in [1.165, 1.54) is 6.92 Å². The molecule has 7 saturated heterocycles. The molecule has 0 aromatic carbocycles. The fourth-order valence-corrected chi connectivity index (χ4v) is 17.6. The molecular weight excluding hydrogens is 1120 g/mol. The van der Waals surface area contributed by atoms with Crippen LogP contribution in [0.5, 0.6) is 0 Å². The van der Waals surface area contributed by atoms with Crippen molar-refractivity contribution in [1.82, 2.24) is 0 Å². The number of hydrogen-bond acceptors (Lipinski definition) is 27. The van der Waals surface area contributed by atoms with E-state index in [1.807, 2.05) is 0 Å². The minimum absolute atomic E-state index is 0.0308. The highest BCUT2D eigenvalue weighted by molar-refractivity contribution is 5.16. The van der Waals surface area contributed by atoms with E-state index in [-0.39, 0.29) is 22.9 Å². The quantitative estimate of drug-likeness (QED) is 0.0736. The lowest BCUT2D eigenvalue weighted by Crippen LogP contribution is -2.68. The lowest BCUT2D eigenvalue weighted by Gasteiger charge is -2.61. The van der Waals surface area contributed by atoms with E-state index in [9.17, 15) is 76.6 Å². The zero-order chi connectivity index (χ0) is 60.2. The molecule has 84 heavy (non-hydrogen) atoms. The molecule has 4 aliphatic carbocycles. The highest BCUT2D eigenvalue weighted by atomic mass is 16.8. The maximum atomic E-state index is 12.1. The van der Waals surface area contributed by atoms with Gasteiger partial charge in [0.05, 0.1) is 51.3 Å². The number of fused-ring (bicyclic) bond motifs is 7. The molecule has 484 valence electrons. The molecular formula is C57H94O27. The molecule has 0 aromatic heterocycles. The number of ether oxygens (including phenoxy) is 12. The summed E-state index contributed by atoms with van der Waals surface area (Å²) in [5.41, 5.74) is 0.0981. The topological polar surface area (TPSA) is 414 Å². The first-order valence-electron chi connectivity index (χ1n) is 30.7. The van der Waals surface area contributed by atoms with Crippen molar-refractivity contribution in [1.29, 1.82) is 0 Å². The smallest absolute Gasteiger partial charge is 0.187 e. The van der Waals surface area contributed by atoms with Crippen molar-refractivity contribution in [3.63, 3.8) is 0 Å². The Hall–Kier alpha value is -1.08. The molecule has 0 aromatic rings. The van der Waals surface area contributed by atoms with E-state index in [1.54, 1.807) is 0 Å². The minimum atomic E-state index is -2.09. The standard InChI is InChI=1S/C57H94O27/c1-21-8-13-57(73-20-21)22(2)34-29(84-57)15-28-26-7-6-24-14-25(9-11-55(24,4)27(26)10-12-56(28,34)5)75-54-49(83-53-45(72)41(68)47(33(19-61)79-53)81-52-43(70)39(66)36(63)31(17-59)77-52)48(37(64)32(18-60)78-54)82-50-44(71)40(67)46(23(3)74-50)80-51-42(69)38(65)35(62)30(16-58)76-51/h21-54,58-72H,6-20H2,1-5H3. The first-order valence-corrected chi connectivity index (χ1v) is 30.7. The van der Waals surface area contributed by atoms with Gasteiger partial charge in [-0.1, -0.05) is 27.7 Å². The second-order valence-corrected chi connectivity index (χ2v) is 27.1. The third-order valence-electron chi connectivity index (χ3n) is 22.5. The van der Waals surface area contributed by atoms with Crippen molar-refractivity contribution in [2.75, 3.05) is 33.0 Å². The second kappa shape index (κ2) is 25.2. The van der Waals surface area contributed by atoms with Crippen LogP contribution in [0.25, 0.3) is 0 Å². The van der Waals surface area contributed by atoms with Gasteiger partial charge in [0.25, 0.3) is 0 Å². The molecule has 37 unspecified atom stereocenters. The lowest BCUT2D eigenvalue weighted by atomic mass is 9.44. The van der Waals surface area contributed by atoms with Gasteiger partial charge in [0.2, 0.25) is 0 Å². The summed E-state index contributed by atoms with van der Waals surface area (Å²) in [4.78, 5) is 0. The van der Waals surface area contributed by atoms with Gasteiger partial charge in [-0.15, -0.1) is 0 Å². The van der Waals surface area contributed by atoms with Gasteiger partial charge in [-0.2, -0.15) is 0 Å². The Morgan fingerprint density at radius 2 is 0.940 bits per heavy atom. The maximum Gasteiger partial charge on any atom is 0.187 e. The summed E-state index contributed by atoms with van der Waals surface area (Å²) in [7, 11) is 0. The number of rotatable bonds is 14. The molecule has 4 saturated carbocycles. The Bertz CT molecular complexity index is 2180. The number of aliphatic hydroxyl groups is 15. The van der Waals surface area contributed by atoms with Gasteiger partial charge in [-0.3, -0.25) is 0 Å². The van der Waals surface area contributed by atoms with Crippen LogP contribution in [-0.2, 0) is 56.8 Å². The highest BCUT2D eigenvalue weighted by Crippen LogP contribution is 2.71. The second-order valence-electron chi connectivity index (χ2n) is 27.1. The molecule has 37 atom stereocenters. The van der Waals surface area contributed by atoms with E-state index < -0.39 is 192 Å². The van der Waals surface area contributed by atoms with Crippen LogP contribution in [0.4, 0.5) is 0 Å². The van der Waals surface area contributed by atoms with Crippen molar-refractivity contribution in [3.05, 3.63) is 0 Å². The van der Waals surface area contributed by atoms with Gasteiger partial charge in [-0.05, 0) is 111 Å². The molecule has 27 heteroatoms. The third kappa shape index (κ3) is 11.2. The lowest BCUT2D eigenvalue weighted by molar-refractivity contribution is -0.405. The van der Waals surface area contributed by atoms with E-state index in [0.717, 1.165) is 58.0 Å². The normalized spacial score (nSPS) is 57.7. The molecule has 7 heterocycles. The summed E-state index contributed by atoms with van der Waals surface area (Å²) in [5.74, 6) is 2.47. The highest BCUT2D eigenvalue weighted by Gasteiger charge is 2.70. The molecule has 7 aliphatic heterocycles. The molecule has 0 bridgehead atoms. The van der Waals surface area contributed by atoms with Crippen molar-refractivity contribution >= 4 is 0 Å². The first-order chi connectivity index (χ1) is 39.9. The van der Waals surface area contributed by atoms with E-state index in [0.29, 0.717) is 48.3 Å². The van der Waals surface area contributed by atoms with Gasteiger partial charge < -0.3 is 133 Å². The summed E-state index contributed by atoms with van der Waals surface area (Å²) in [6, 6.07) is 0. The van der Waals surface area contributed by atoms with Crippen LogP contribution in [-0.4, -0.2) is 281 Å². The van der Waals surface area contributed by atoms with Crippen molar-refractivity contribution < 1.29 is 133 Å². The molecule has 15 N–H and O–H groups in total. The molecule has 27 nitrogen and oxygen atoms in total. The minimum Gasteiger partial charge on any atom is -0.394 e. The molecule has 1 spiro atoms. The predicted octanol–water partition coefficient (Wildman–Crippen LogP) is -4.06. The van der Waals surface area contributed by atoms with Crippen molar-refractivity contribution in [2.45, 2.75) is 270 Å². The number of aliphatic hydroxyl groups excluding tert-OH is 15. The molecule has 11 aliphatic rings. The average molecular weight is 1210 g/mol. The summed E-state index contributed by atoms with van der Waals surface area (Å²) in [5, 5.41) is 163. The molecule has 0 radical (unpaired) electrons. The molecule has 0 amide bonds. The Kier molecular flexibility index (Phi) is 19.3. The van der Waals surface area contributed by atoms with Gasteiger partial charge in [0, 0.05) is 12.3 Å². The number of hydrogen-bond donors (Lipinski definition) is 15. The SMILES string of the molecule is CC1CCC2(OC1)OC1CC3C4CCC5CC(OC6OC(CO)C(O)C(OC7OC(C)C(OC8OC(CO)C(O)C(O)C8O)C(O)C7O)C6OC6OC(CO)C(OC7OC(CO)C(O)C(O)C7O)C(O)C6O)CCC5(C)C4CCC3(C)C1C2C. The zero-order valence-corrected chi connectivity index (χ0v) is 48.3. The van der Waals surface area contributed by atoms with Crippen molar-refractivity contribution in [3.8, 4) is 0 Å². The van der Waals surface area contributed by atoms with E-state index >= 15 is 0 Å². The van der Waals surface area contributed by atoms with Crippen LogP contribution in [0.15, 0.2) is 0 Å². The maximum absolute atomic E-state index is 12.1. The fourth-order valence-electron chi connectivity index (χ4n) is 17.6. The summed E-state index contributed by atoms with van der Waals surface area (Å²) >= 11 is 0. The van der Waals surface area contributed by atoms with Crippen LogP contribution >= 0.6 is 0 Å². The van der Waals surface area contributed by atoms with Gasteiger partial charge in [0.1, 0.15) is 116 Å². The van der Waals surface area contributed by atoms with Crippen molar-refractivity contribution in [2.24, 2.45) is 52.3 Å². The van der Waals surface area contributed by atoms with Crippen LogP contribution in [0, 0.1) is 52.3 Å². The first kappa shape index (κ1) is 64.4. The predicted molar refractivity (Wildman–Crippen MR) is 279 cm³/mol. The summed E-state index contributed by atoms with van der Waals surface area (Å²) in [6.45, 7) is 8.37. The van der Waals surface area contributed by atoms with Gasteiger partial charge >= 0.3 is 0 Å². The summed E-state index contributed by atoms with van der Waals surface area (Å²) in [6.07, 6.45) is -34.6. The van der Waals surface area contributed by atoms with Crippen LogP contribution < -0.4 is 0 Å². The zero-order valence-electron chi connectivity index (χ0n) is 48.3.